The molecular weight excluding hydrogens is 182 g/mol. The number of hydrogen-bond donors (Lipinski definition) is 2. The first-order chi connectivity index (χ1) is 6.51. The predicted octanol–water partition coefficient (Wildman–Crippen LogP) is 0.0291. The van der Waals surface area contributed by atoms with Crippen LogP contribution in [-0.2, 0) is 4.79 Å². The molecule has 0 rings (SSSR count). The third kappa shape index (κ3) is 5.32. The number of aliphatic hydroxyl groups excluding tert-OH is 2. The number of Topliss-reactive ketones (excluding diaryl/α,β-unsaturated/α-hetero) is 1. The highest BCUT2D eigenvalue weighted by atomic mass is 16.3. The van der Waals surface area contributed by atoms with E-state index in [-0.39, 0.29) is 12.3 Å². The largest absolute Gasteiger partial charge is 0.392 e. The van der Waals surface area contributed by atoms with Crippen molar-refractivity contribution in [2.24, 2.45) is 0 Å². The lowest BCUT2D eigenvalue weighted by Crippen LogP contribution is -2.38. The molecule has 4 heteroatoms. The van der Waals surface area contributed by atoms with Crippen LogP contribution in [0, 0.1) is 0 Å². The Hall–Kier alpha value is -0.450. The molecule has 0 aromatic heterocycles. The molecule has 0 saturated carbocycles. The molecule has 0 aliphatic heterocycles. The summed E-state index contributed by atoms with van der Waals surface area (Å²) in [4.78, 5) is 13.0. The van der Waals surface area contributed by atoms with Crippen LogP contribution in [0.3, 0.4) is 0 Å². The number of ketones is 1. The lowest BCUT2D eigenvalue weighted by molar-refractivity contribution is -0.127. The van der Waals surface area contributed by atoms with Gasteiger partial charge in [0.2, 0.25) is 0 Å². The van der Waals surface area contributed by atoms with Gasteiger partial charge in [-0.15, -0.1) is 0 Å². The fraction of sp³-hybridized carbons (Fsp3) is 0.900. The van der Waals surface area contributed by atoms with Gasteiger partial charge >= 0.3 is 0 Å². The van der Waals surface area contributed by atoms with E-state index in [1.165, 1.54) is 6.92 Å². The van der Waals surface area contributed by atoms with Crippen molar-refractivity contribution >= 4 is 5.78 Å². The highest BCUT2D eigenvalue weighted by Crippen LogP contribution is 1.97. The monoisotopic (exact) mass is 203 g/mol. The maximum Gasteiger partial charge on any atom is 0.174 e. The second-order valence-electron chi connectivity index (χ2n) is 3.53. The minimum atomic E-state index is -0.914. The second kappa shape index (κ2) is 6.92. The summed E-state index contributed by atoms with van der Waals surface area (Å²) in [5.41, 5.74) is 0. The van der Waals surface area contributed by atoms with Crippen molar-refractivity contribution < 1.29 is 15.0 Å². The molecule has 0 bridgehead atoms. The standard InChI is InChI=1S/C10H21NO3/c1-4-9(13)6-11(5-2)7-10(14)8(3)12/h8-9,12-13H,4-7H2,1-3H3. The van der Waals surface area contributed by atoms with Crippen LogP contribution in [-0.4, -0.2) is 52.7 Å². The van der Waals surface area contributed by atoms with Crippen molar-refractivity contribution in [1.29, 1.82) is 0 Å². The van der Waals surface area contributed by atoms with Crippen molar-refractivity contribution in [3.63, 3.8) is 0 Å². The zero-order valence-corrected chi connectivity index (χ0v) is 9.23. The number of nitrogens with zero attached hydrogens (tertiary/aromatic N) is 1. The molecule has 2 atom stereocenters. The van der Waals surface area contributed by atoms with Gasteiger partial charge in [0.1, 0.15) is 6.10 Å². The zero-order chi connectivity index (χ0) is 11.1. The van der Waals surface area contributed by atoms with Gasteiger partial charge in [0.25, 0.3) is 0 Å². The maximum atomic E-state index is 11.2. The van der Waals surface area contributed by atoms with Gasteiger partial charge in [-0.1, -0.05) is 13.8 Å². The number of carbonyl (C=O) groups is 1. The van der Waals surface area contributed by atoms with Gasteiger partial charge in [-0.05, 0) is 19.9 Å². The zero-order valence-electron chi connectivity index (χ0n) is 9.23. The van der Waals surface area contributed by atoms with Crippen molar-refractivity contribution in [2.75, 3.05) is 19.6 Å². The van der Waals surface area contributed by atoms with E-state index in [1.807, 2.05) is 18.7 Å². The van der Waals surface area contributed by atoms with E-state index in [0.29, 0.717) is 19.5 Å². The highest BCUT2D eigenvalue weighted by molar-refractivity contribution is 5.84. The maximum absolute atomic E-state index is 11.2. The van der Waals surface area contributed by atoms with E-state index in [0.717, 1.165) is 0 Å². The minimum absolute atomic E-state index is 0.199. The van der Waals surface area contributed by atoms with Gasteiger partial charge in [-0.3, -0.25) is 9.69 Å². The number of carbonyl (C=O) groups excluding carboxylic acids is 1. The Balaban J connectivity index is 3.96. The Bertz CT molecular complexity index is 171. The summed E-state index contributed by atoms with van der Waals surface area (Å²) >= 11 is 0. The fourth-order valence-electron chi connectivity index (χ4n) is 1.09. The topological polar surface area (TPSA) is 60.8 Å². The molecule has 0 spiro atoms. The molecule has 0 amide bonds. The average molecular weight is 203 g/mol. The van der Waals surface area contributed by atoms with Crippen molar-refractivity contribution in [1.82, 2.24) is 4.90 Å². The third-order valence-electron chi connectivity index (χ3n) is 2.23. The first kappa shape index (κ1) is 13.5. The van der Waals surface area contributed by atoms with Crippen molar-refractivity contribution in [3.05, 3.63) is 0 Å². The molecule has 14 heavy (non-hydrogen) atoms. The van der Waals surface area contributed by atoms with E-state index in [9.17, 15) is 9.90 Å². The van der Waals surface area contributed by atoms with Crippen LogP contribution in [0.15, 0.2) is 0 Å². The van der Waals surface area contributed by atoms with Crippen LogP contribution in [0.25, 0.3) is 0 Å². The lowest BCUT2D eigenvalue weighted by atomic mass is 10.2. The molecule has 0 fully saturated rings. The van der Waals surface area contributed by atoms with Crippen molar-refractivity contribution in [3.8, 4) is 0 Å². The molecule has 4 nitrogen and oxygen atoms in total. The Morgan fingerprint density at radius 1 is 1.36 bits per heavy atom. The normalized spacial score (nSPS) is 15.6. The van der Waals surface area contributed by atoms with Crippen molar-refractivity contribution in [2.45, 2.75) is 39.4 Å². The van der Waals surface area contributed by atoms with Gasteiger partial charge < -0.3 is 10.2 Å². The molecule has 2 unspecified atom stereocenters. The molecule has 0 aromatic carbocycles. The van der Waals surface area contributed by atoms with E-state index in [4.69, 9.17) is 5.11 Å². The van der Waals surface area contributed by atoms with E-state index >= 15 is 0 Å². The smallest absolute Gasteiger partial charge is 0.174 e. The quantitative estimate of drug-likeness (QED) is 0.613. The number of rotatable bonds is 7. The van der Waals surface area contributed by atoms with E-state index < -0.39 is 12.2 Å². The van der Waals surface area contributed by atoms with Crippen LogP contribution < -0.4 is 0 Å². The number of aliphatic hydroxyl groups is 2. The van der Waals surface area contributed by atoms with Crippen LogP contribution >= 0.6 is 0 Å². The number of hydrogen-bond acceptors (Lipinski definition) is 4. The summed E-state index contributed by atoms with van der Waals surface area (Å²) in [5, 5.41) is 18.4. The van der Waals surface area contributed by atoms with Gasteiger partial charge in [0.05, 0.1) is 12.6 Å². The van der Waals surface area contributed by atoms with Crippen LogP contribution in [0.5, 0.6) is 0 Å². The molecule has 0 aliphatic carbocycles. The fourth-order valence-corrected chi connectivity index (χ4v) is 1.09. The van der Waals surface area contributed by atoms with Crippen LogP contribution in [0.4, 0.5) is 0 Å². The van der Waals surface area contributed by atoms with Gasteiger partial charge in [-0.25, -0.2) is 0 Å². The molecule has 0 aliphatic rings. The molecule has 0 heterocycles. The Kier molecular flexibility index (Phi) is 6.70. The average Bonchev–Trinajstić information content (AvgIpc) is 2.16. The first-order valence-electron chi connectivity index (χ1n) is 5.12. The number of likely N-dealkylation sites (N-methyl/N-ethyl adjacent to an activating group) is 1. The molecule has 2 N–H and O–H groups in total. The Morgan fingerprint density at radius 3 is 2.29 bits per heavy atom. The summed E-state index contributed by atoms with van der Waals surface area (Å²) in [6, 6.07) is 0. The summed E-state index contributed by atoms with van der Waals surface area (Å²) in [5.74, 6) is -0.199. The summed E-state index contributed by atoms with van der Waals surface area (Å²) in [7, 11) is 0. The predicted molar refractivity (Wildman–Crippen MR) is 55.1 cm³/mol. The van der Waals surface area contributed by atoms with Crippen LogP contribution in [0.2, 0.25) is 0 Å². The molecule has 0 radical (unpaired) electrons. The Labute approximate surface area is 85.5 Å². The first-order valence-corrected chi connectivity index (χ1v) is 5.12. The minimum Gasteiger partial charge on any atom is -0.392 e. The Morgan fingerprint density at radius 2 is 1.93 bits per heavy atom. The molecule has 0 aromatic rings. The van der Waals surface area contributed by atoms with E-state index in [1.54, 1.807) is 0 Å². The van der Waals surface area contributed by atoms with E-state index in [2.05, 4.69) is 0 Å². The summed E-state index contributed by atoms with van der Waals surface area (Å²) < 4.78 is 0. The SMILES string of the molecule is CCC(O)CN(CC)CC(=O)C(C)O. The molecule has 0 saturated heterocycles. The summed E-state index contributed by atoms with van der Waals surface area (Å²) in [6.45, 7) is 6.70. The summed E-state index contributed by atoms with van der Waals surface area (Å²) in [6.07, 6.45) is -0.626. The lowest BCUT2D eigenvalue weighted by Gasteiger charge is -2.22. The highest BCUT2D eigenvalue weighted by Gasteiger charge is 2.15. The van der Waals surface area contributed by atoms with Gasteiger partial charge in [-0.2, -0.15) is 0 Å². The second-order valence-corrected chi connectivity index (χ2v) is 3.53. The van der Waals surface area contributed by atoms with Gasteiger partial charge in [0.15, 0.2) is 5.78 Å². The molecule has 84 valence electrons. The van der Waals surface area contributed by atoms with Gasteiger partial charge in [0, 0.05) is 6.54 Å². The van der Waals surface area contributed by atoms with Crippen LogP contribution in [0.1, 0.15) is 27.2 Å². The molecular formula is C10H21NO3. The third-order valence-corrected chi connectivity index (χ3v) is 2.23.